The predicted octanol–water partition coefficient (Wildman–Crippen LogP) is 4.27. The van der Waals surface area contributed by atoms with E-state index in [0.717, 1.165) is 12.1 Å². The van der Waals surface area contributed by atoms with Crippen molar-refractivity contribution in [1.29, 1.82) is 0 Å². The van der Waals surface area contributed by atoms with Gasteiger partial charge >= 0.3 is 12.2 Å². The van der Waals surface area contributed by atoms with Crippen molar-refractivity contribution in [3.05, 3.63) is 29.8 Å². The maximum absolute atomic E-state index is 12.5. The van der Waals surface area contributed by atoms with Crippen LogP contribution in [0.2, 0.25) is 0 Å². The molecule has 0 atom stereocenters. The quantitative estimate of drug-likeness (QED) is 0.843. The van der Waals surface area contributed by atoms with Gasteiger partial charge in [0.15, 0.2) is 0 Å². The summed E-state index contributed by atoms with van der Waals surface area (Å²) in [4.78, 5) is 13.2. The van der Waals surface area contributed by atoms with Crippen LogP contribution >= 0.6 is 11.8 Å². The summed E-state index contributed by atoms with van der Waals surface area (Å²) in [5.74, 6) is 0.475. The third-order valence-corrected chi connectivity index (χ3v) is 3.59. The lowest BCUT2D eigenvalue weighted by atomic mass is 10.2. The van der Waals surface area contributed by atoms with Gasteiger partial charge in [-0.1, -0.05) is 19.9 Å². The Morgan fingerprint density at radius 1 is 1.40 bits per heavy atom. The zero-order chi connectivity index (χ0) is 15.3. The summed E-state index contributed by atoms with van der Waals surface area (Å²) >= 11 is 1.57. The van der Waals surface area contributed by atoms with E-state index in [1.807, 2.05) is 13.8 Å². The van der Waals surface area contributed by atoms with Gasteiger partial charge in [0.05, 0.1) is 11.4 Å². The second-order valence-electron chi connectivity index (χ2n) is 4.55. The number of thioether (sulfide) groups is 1. The lowest BCUT2D eigenvalue weighted by Gasteiger charge is -2.19. The molecule has 20 heavy (non-hydrogen) atoms. The first-order valence-corrected chi connectivity index (χ1v) is 7.06. The summed E-state index contributed by atoms with van der Waals surface area (Å²) in [6.45, 7) is 4.01. The molecule has 112 valence electrons. The van der Waals surface area contributed by atoms with Gasteiger partial charge in [0.2, 0.25) is 0 Å². The van der Waals surface area contributed by atoms with Crippen molar-refractivity contribution >= 4 is 23.5 Å². The largest absolute Gasteiger partial charge is 0.416 e. The Hall–Kier alpha value is -1.37. The minimum atomic E-state index is -4.42. The number of rotatable bonds is 4. The SMILES string of the molecule is CC(C)SCN(C)C(=O)Nc1cccc(C(F)(F)F)c1. The first-order chi connectivity index (χ1) is 9.20. The Labute approximate surface area is 120 Å². The van der Waals surface area contributed by atoms with Gasteiger partial charge in [0.25, 0.3) is 0 Å². The molecule has 0 heterocycles. The molecule has 0 aliphatic carbocycles. The van der Waals surface area contributed by atoms with Gasteiger partial charge in [0.1, 0.15) is 0 Å². The molecular weight excluding hydrogens is 289 g/mol. The van der Waals surface area contributed by atoms with Gasteiger partial charge in [-0.05, 0) is 18.2 Å². The number of alkyl halides is 3. The van der Waals surface area contributed by atoms with Crippen molar-refractivity contribution < 1.29 is 18.0 Å². The number of nitrogens with zero attached hydrogens (tertiary/aromatic N) is 1. The highest BCUT2D eigenvalue weighted by atomic mass is 32.2. The van der Waals surface area contributed by atoms with Crippen LogP contribution in [-0.4, -0.2) is 29.1 Å². The summed E-state index contributed by atoms with van der Waals surface area (Å²) in [5, 5.41) is 2.83. The molecule has 1 aromatic carbocycles. The molecule has 0 bridgehead atoms. The number of hydrogen-bond donors (Lipinski definition) is 1. The Bertz CT molecular complexity index is 463. The maximum Gasteiger partial charge on any atom is 0.416 e. The molecule has 0 spiro atoms. The molecule has 0 saturated carbocycles. The van der Waals surface area contributed by atoms with E-state index >= 15 is 0 Å². The van der Waals surface area contributed by atoms with Crippen LogP contribution in [0.3, 0.4) is 0 Å². The molecule has 1 rings (SSSR count). The van der Waals surface area contributed by atoms with Crippen molar-refractivity contribution in [1.82, 2.24) is 4.90 Å². The summed E-state index contributed by atoms with van der Waals surface area (Å²) in [5.41, 5.74) is -0.652. The number of benzene rings is 1. The number of anilines is 1. The Morgan fingerprint density at radius 3 is 2.60 bits per heavy atom. The Balaban J connectivity index is 2.66. The van der Waals surface area contributed by atoms with Crippen LogP contribution in [0.15, 0.2) is 24.3 Å². The number of hydrogen-bond acceptors (Lipinski definition) is 2. The van der Waals surface area contributed by atoms with E-state index in [2.05, 4.69) is 5.32 Å². The van der Waals surface area contributed by atoms with Gasteiger partial charge in [0, 0.05) is 18.0 Å². The van der Waals surface area contributed by atoms with Crippen LogP contribution in [0.1, 0.15) is 19.4 Å². The Kier molecular flexibility index (Phi) is 5.74. The van der Waals surface area contributed by atoms with E-state index in [-0.39, 0.29) is 5.69 Å². The zero-order valence-electron chi connectivity index (χ0n) is 11.5. The number of amides is 2. The van der Waals surface area contributed by atoms with Gasteiger partial charge in [-0.3, -0.25) is 0 Å². The average molecular weight is 306 g/mol. The third-order valence-electron chi connectivity index (χ3n) is 2.39. The minimum absolute atomic E-state index is 0.131. The van der Waals surface area contributed by atoms with Gasteiger partial charge in [-0.25, -0.2) is 4.79 Å². The molecule has 0 radical (unpaired) electrons. The van der Waals surface area contributed by atoms with Crippen molar-refractivity contribution in [2.24, 2.45) is 0 Å². The molecule has 7 heteroatoms. The summed E-state index contributed by atoms with van der Waals surface area (Å²) in [6, 6.07) is 4.14. The van der Waals surface area contributed by atoms with Crippen LogP contribution in [0.25, 0.3) is 0 Å². The highest BCUT2D eigenvalue weighted by Crippen LogP contribution is 2.30. The van der Waals surface area contributed by atoms with Crippen molar-refractivity contribution in [2.75, 3.05) is 18.2 Å². The number of carbonyl (C=O) groups excluding carboxylic acids is 1. The van der Waals surface area contributed by atoms with E-state index < -0.39 is 17.8 Å². The smallest absolute Gasteiger partial charge is 0.318 e. The fourth-order valence-corrected chi connectivity index (χ4v) is 1.95. The van der Waals surface area contributed by atoms with E-state index in [4.69, 9.17) is 0 Å². The number of carbonyl (C=O) groups is 1. The molecule has 1 N–H and O–H groups in total. The highest BCUT2D eigenvalue weighted by Gasteiger charge is 2.30. The molecule has 0 unspecified atom stereocenters. The molecule has 0 fully saturated rings. The molecule has 2 amide bonds. The van der Waals surface area contributed by atoms with Crippen LogP contribution in [-0.2, 0) is 6.18 Å². The van der Waals surface area contributed by atoms with Crippen LogP contribution in [0.5, 0.6) is 0 Å². The monoisotopic (exact) mass is 306 g/mol. The lowest BCUT2D eigenvalue weighted by molar-refractivity contribution is -0.137. The van der Waals surface area contributed by atoms with Crippen LogP contribution < -0.4 is 5.32 Å². The Morgan fingerprint density at radius 2 is 2.05 bits per heavy atom. The third kappa shape index (κ3) is 5.32. The van der Waals surface area contributed by atoms with Crippen molar-refractivity contribution in [2.45, 2.75) is 25.3 Å². The summed E-state index contributed by atoms with van der Waals surface area (Å²) < 4.78 is 37.6. The van der Waals surface area contributed by atoms with Gasteiger partial charge in [-0.15, -0.1) is 11.8 Å². The fraction of sp³-hybridized carbons (Fsp3) is 0.462. The molecule has 0 aliphatic heterocycles. The molecule has 3 nitrogen and oxygen atoms in total. The molecule has 1 aromatic rings. The molecule has 0 saturated heterocycles. The molecular formula is C13H17F3N2OS. The minimum Gasteiger partial charge on any atom is -0.318 e. The molecule has 0 aliphatic rings. The number of halogens is 3. The summed E-state index contributed by atoms with van der Waals surface area (Å²) in [6.07, 6.45) is -4.42. The second-order valence-corrected chi connectivity index (χ2v) is 6.09. The number of nitrogens with one attached hydrogen (secondary N) is 1. The lowest BCUT2D eigenvalue weighted by Crippen LogP contribution is -2.31. The predicted molar refractivity (Wildman–Crippen MR) is 75.8 cm³/mol. The van der Waals surface area contributed by atoms with Crippen LogP contribution in [0, 0.1) is 0 Å². The fourth-order valence-electron chi connectivity index (χ4n) is 1.31. The zero-order valence-corrected chi connectivity index (χ0v) is 12.3. The number of urea groups is 1. The standard InChI is InChI=1S/C13H17F3N2OS/c1-9(2)20-8-18(3)12(19)17-11-6-4-5-10(7-11)13(14,15)16/h4-7,9H,8H2,1-3H3,(H,17,19). The van der Waals surface area contributed by atoms with Crippen LogP contribution in [0.4, 0.5) is 23.7 Å². The average Bonchev–Trinajstić information content (AvgIpc) is 2.35. The topological polar surface area (TPSA) is 32.3 Å². The molecule has 0 aromatic heterocycles. The van der Waals surface area contributed by atoms with E-state index in [9.17, 15) is 18.0 Å². The van der Waals surface area contributed by atoms with Crippen molar-refractivity contribution in [3.8, 4) is 0 Å². The first-order valence-electron chi connectivity index (χ1n) is 6.01. The maximum atomic E-state index is 12.5. The highest BCUT2D eigenvalue weighted by molar-refractivity contribution is 7.99. The normalized spacial score (nSPS) is 11.6. The van der Waals surface area contributed by atoms with Gasteiger partial charge in [-0.2, -0.15) is 13.2 Å². The van der Waals surface area contributed by atoms with E-state index in [0.29, 0.717) is 11.1 Å². The van der Waals surface area contributed by atoms with E-state index in [1.54, 1.807) is 18.8 Å². The second kappa shape index (κ2) is 6.88. The van der Waals surface area contributed by atoms with Gasteiger partial charge < -0.3 is 10.2 Å². The van der Waals surface area contributed by atoms with E-state index in [1.165, 1.54) is 17.0 Å². The first kappa shape index (κ1) is 16.7. The summed E-state index contributed by atoms with van der Waals surface area (Å²) in [7, 11) is 1.60. The van der Waals surface area contributed by atoms with Crippen molar-refractivity contribution in [3.63, 3.8) is 0 Å².